The molecule has 0 saturated heterocycles. The molecule has 1 aromatic heterocycles. The van der Waals surface area contributed by atoms with Gasteiger partial charge in [0.1, 0.15) is 18.2 Å². The highest BCUT2D eigenvalue weighted by Crippen LogP contribution is 2.35. The van der Waals surface area contributed by atoms with Gasteiger partial charge in [-0.3, -0.25) is 4.90 Å². The van der Waals surface area contributed by atoms with Crippen LogP contribution in [0.4, 0.5) is 0 Å². The number of nitrogens with zero attached hydrogens (tertiary/aromatic N) is 2. The Kier molecular flexibility index (Phi) is 8.31. The third kappa shape index (κ3) is 6.63. The summed E-state index contributed by atoms with van der Waals surface area (Å²) in [6.07, 6.45) is 0. The molecule has 4 heteroatoms. The van der Waals surface area contributed by atoms with Gasteiger partial charge in [-0.1, -0.05) is 133 Å². The Labute approximate surface area is 241 Å². The Hall–Kier alpha value is -4.93. The van der Waals surface area contributed by atoms with Crippen LogP contribution < -0.4 is 4.74 Å². The lowest BCUT2D eigenvalue weighted by atomic mass is 10.1. The SMILES string of the molecule is c1ccc(CN(CCOc2ccccc2-c2nc(-c3ccccc3)c(-c3ccccc3)[nH]2)Cc2ccccc2)cc1. The average molecular weight is 536 g/mol. The molecule has 0 fully saturated rings. The lowest BCUT2D eigenvalue weighted by molar-refractivity contribution is 0.196. The van der Waals surface area contributed by atoms with Gasteiger partial charge in [0.2, 0.25) is 0 Å². The van der Waals surface area contributed by atoms with Crippen LogP contribution in [-0.4, -0.2) is 28.0 Å². The van der Waals surface area contributed by atoms with E-state index in [1.807, 2.05) is 42.5 Å². The molecular formula is C37H33N3O. The molecule has 0 unspecified atom stereocenters. The molecule has 0 aliphatic rings. The van der Waals surface area contributed by atoms with Gasteiger partial charge < -0.3 is 9.72 Å². The number of H-pyrrole nitrogens is 1. The van der Waals surface area contributed by atoms with E-state index in [1.54, 1.807) is 0 Å². The summed E-state index contributed by atoms with van der Waals surface area (Å²) in [7, 11) is 0. The van der Waals surface area contributed by atoms with Gasteiger partial charge in [0.15, 0.2) is 0 Å². The molecule has 0 aliphatic heterocycles. The molecule has 0 radical (unpaired) electrons. The Morgan fingerprint density at radius 1 is 0.561 bits per heavy atom. The zero-order valence-electron chi connectivity index (χ0n) is 23.0. The first-order valence-corrected chi connectivity index (χ1v) is 14.1. The first-order chi connectivity index (χ1) is 20.3. The second-order valence-corrected chi connectivity index (χ2v) is 10.1. The molecule has 0 saturated carbocycles. The molecule has 0 amide bonds. The van der Waals surface area contributed by atoms with Crippen molar-refractivity contribution >= 4 is 0 Å². The number of aromatic nitrogens is 2. The maximum absolute atomic E-state index is 6.46. The summed E-state index contributed by atoms with van der Waals surface area (Å²) in [5, 5.41) is 0. The van der Waals surface area contributed by atoms with Gasteiger partial charge in [-0.15, -0.1) is 0 Å². The van der Waals surface area contributed by atoms with E-state index in [9.17, 15) is 0 Å². The van der Waals surface area contributed by atoms with E-state index in [1.165, 1.54) is 11.1 Å². The predicted molar refractivity (Wildman–Crippen MR) is 167 cm³/mol. The van der Waals surface area contributed by atoms with Gasteiger partial charge in [-0.25, -0.2) is 4.98 Å². The summed E-state index contributed by atoms with van der Waals surface area (Å²) >= 11 is 0. The van der Waals surface area contributed by atoms with Crippen molar-refractivity contribution in [2.75, 3.05) is 13.2 Å². The van der Waals surface area contributed by atoms with Crippen molar-refractivity contribution in [1.29, 1.82) is 0 Å². The van der Waals surface area contributed by atoms with E-state index < -0.39 is 0 Å². The van der Waals surface area contributed by atoms with Crippen LogP contribution in [0.25, 0.3) is 33.9 Å². The van der Waals surface area contributed by atoms with E-state index in [0.29, 0.717) is 6.61 Å². The van der Waals surface area contributed by atoms with Gasteiger partial charge in [0.05, 0.1) is 17.0 Å². The van der Waals surface area contributed by atoms with Crippen LogP contribution in [0.1, 0.15) is 11.1 Å². The molecule has 6 rings (SSSR count). The van der Waals surface area contributed by atoms with Gasteiger partial charge >= 0.3 is 0 Å². The Morgan fingerprint density at radius 3 is 1.68 bits per heavy atom. The van der Waals surface area contributed by atoms with Crippen LogP contribution in [0.5, 0.6) is 5.75 Å². The van der Waals surface area contributed by atoms with Gasteiger partial charge in [-0.2, -0.15) is 0 Å². The number of aromatic amines is 1. The van der Waals surface area contributed by atoms with Gasteiger partial charge in [-0.05, 0) is 23.3 Å². The lowest BCUT2D eigenvalue weighted by Gasteiger charge is -2.23. The molecule has 202 valence electrons. The quantitative estimate of drug-likeness (QED) is 0.181. The third-order valence-electron chi connectivity index (χ3n) is 7.12. The van der Waals surface area contributed by atoms with Crippen LogP contribution in [0.3, 0.4) is 0 Å². The molecule has 4 nitrogen and oxygen atoms in total. The van der Waals surface area contributed by atoms with Crippen LogP contribution >= 0.6 is 0 Å². The largest absolute Gasteiger partial charge is 0.491 e. The number of ether oxygens (including phenoxy) is 1. The van der Waals surface area contributed by atoms with Crippen molar-refractivity contribution < 1.29 is 4.74 Å². The first-order valence-electron chi connectivity index (χ1n) is 14.1. The molecule has 0 spiro atoms. The fourth-order valence-electron chi connectivity index (χ4n) is 5.09. The number of para-hydroxylation sites is 1. The van der Waals surface area contributed by atoms with Gasteiger partial charge in [0, 0.05) is 30.8 Å². The van der Waals surface area contributed by atoms with Crippen molar-refractivity contribution in [3.8, 4) is 39.7 Å². The molecule has 0 bridgehead atoms. The van der Waals surface area contributed by atoms with E-state index in [0.717, 1.165) is 59.3 Å². The molecule has 0 aliphatic carbocycles. The minimum atomic E-state index is 0.564. The van der Waals surface area contributed by atoms with Crippen molar-refractivity contribution in [3.63, 3.8) is 0 Å². The summed E-state index contributed by atoms with van der Waals surface area (Å²) < 4.78 is 6.46. The van der Waals surface area contributed by atoms with Crippen molar-refractivity contribution in [2.45, 2.75) is 13.1 Å². The summed E-state index contributed by atoms with van der Waals surface area (Å²) in [5.74, 6) is 1.61. The van der Waals surface area contributed by atoms with Gasteiger partial charge in [0.25, 0.3) is 0 Å². The highest BCUT2D eigenvalue weighted by Gasteiger charge is 2.18. The first kappa shape index (κ1) is 26.3. The fourth-order valence-corrected chi connectivity index (χ4v) is 5.09. The molecule has 1 N–H and O–H groups in total. The molecule has 0 atom stereocenters. The van der Waals surface area contributed by atoms with E-state index >= 15 is 0 Å². The maximum Gasteiger partial charge on any atom is 0.142 e. The Bertz CT molecular complexity index is 1550. The summed E-state index contributed by atoms with van der Waals surface area (Å²) in [6.45, 7) is 3.08. The minimum absolute atomic E-state index is 0.564. The number of imidazole rings is 1. The second kappa shape index (κ2) is 12.9. The highest BCUT2D eigenvalue weighted by atomic mass is 16.5. The number of hydrogen-bond acceptors (Lipinski definition) is 3. The summed E-state index contributed by atoms with van der Waals surface area (Å²) in [6, 6.07) is 50.1. The van der Waals surface area contributed by atoms with Crippen LogP contribution in [-0.2, 0) is 13.1 Å². The number of nitrogens with one attached hydrogen (secondary N) is 1. The van der Waals surface area contributed by atoms with Crippen LogP contribution in [0.2, 0.25) is 0 Å². The zero-order chi connectivity index (χ0) is 27.7. The van der Waals surface area contributed by atoms with Crippen LogP contribution in [0.15, 0.2) is 146 Å². The number of benzene rings is 5. The highest BCUT2D eigenvalue weighted by molar-refractivity contribution is 5.82. The maximum atomic E-state index is 6.46. The van der Waals surface area contributed by atoms with Crippen molar-refractivity contribution in [1.82, 2.24) is 14.9 Å². The average Bonchev–Trinajstić information content (AvgIpc) is 3.49. The van der Waals surface area contributed by atoms with E-state index in [-0.39, 0.29) is 0 Å². The van der Waals surface area contributed by atoms with Crippen molar-refractivity contribution in [3.05, 3.63) is 157 Å². The van der Waals surface area contributed by atoms with Crippen LogP contribution in [0, 0.1) is 0 Å². The topological polar surface area (TPSA) is 41.1 Å². The molecule has 6 aromatic rings. The number of hydrogen-bond donors (Lipinski definition) is 1. The monoisotopic (exact) mass is 535 g/mol. The molecular weight excluding hydrogens is 502 g/mol. The predicted octanol–water partition coefficient (Wildman–Crippen LogP) is 8.49. The fraction of sp³-hybridized carbons (Fsp3) is 0.108. The molecule has 1 heterocycles. The molecule has 5 aromatic carbocycles. The van der Waals surface area contributed by atoms with Crippen molar-refractivity contribution in [2.24, 2.45) is 0 Å². The third-order valence-corrected chi connectivity index (χ3v) is 7.12. The second-order valence-electron chi connectivity index (χ2n) is 10.1. The molecule has 41 heavy (non-hydrogen) atoms. The van der Waals surface area contributed by atoms with E-state index in [2.05, 4.69) is 113 Å². The smallest absolute Gasteiger partial charge is 0.142 e. The Morgan fingerprint density at radius 2 is 1.07 bits per heavy atom. The Balaban J connectivity index is 1.24. The minimum Gasteiger partial charge on any atom is -0.491 e. The number of rotatable bonds is 11. The zero-order valence-corrected chi connectivity index (χ0v) is 23.0. The normalized spacial score (nSPS) is 11.0. The summed E-state index contributed by atoms with van der Waals surface area (Å²) in [5.41, 5.74) is 7.63. The standard InChI is InChI=1S/C37H33N3O/c1-5-15-29(16-6-1)27-40(28-30-17-7-2-8-18-30)25-26-41-34-24-14-13-23-33(34)37-38-35(31-19-9-3-10-20-31)36(39-37)32-21-11-4-12-22-32/h1-24H,25-28H2,(H,38,39). The summed E-state index contributed by atoms with van der Waals surface area (Å²) in [4.78, 5) is 11.1. The lowest BCUT2D eigenvalue weighted by Crippen LogP contribution is -2.27. The van der Waals surface area contributed by atoms with E-state index in [4.69, 9.17) is 9.72 Å².